The minimum absolute atomic E-state index is 0.108. The van der Waals surface area contributed by atoms with Crippen molar-refractivity contribution in [3.63, 3.8) is 0 Å². The number of thiophene rings is 1. The van der Waals surface area contributed by atoms with Gasteiger partial charge in [-0.25, -0.2) is 0 Å². The second-order valence-corrected chi connectivity index (χ2v) is 5.75. The Balaban J connectivity index is 2.48. The molecule has 5 heteroatoms. The lowest BCUT2D eigenvalue weighted by Gasteiger charge is -2.04. The molecule has 98 valence electrons. The molecular formula is C14H12ClNO2S. The average Bonchev–Trinajstić information content (AvgIpc) is 2.66. The van der Waals surface area contributed by atoms with E-state index in [9.17, 15) is 9.59 Å². The van der Waals surface area contributed by atoms with Crippen LogP contribution in [-0.2, 0) is 4.79 Å². The van der Waals surface area contributed by atoms with Crippen LogP contribution in [0.25, 0.3) is 0 Å². The fourth-order valence-electron chi connectivity index (χ4n) is 1.80. The fraction of sp³-hybridized carbons (Fsp3) is 0.143. The van der Waals surface area contributed by atoms with Crippen molar-refractivity contribution in [2.45, 2.75) is 13.8 Å². The second kappa shape index (κ2) is 5.55. The summed E-state index contributed by atoms with van der Waals surface area (Å²) in [5.41, 5.74) is 2.01. The van der Waals surface area contributed by atoms with Crippen molar-refractivity contribution < 1.29 is 9.59 Å². The van der Waals surface area contributed by atoms with E-state index in [0.29, 0.717) is 27.6 Å². The maximum atomic E-state index is 12.5. The summed E-state index contributed by atoms with van der Waals surface area (Å²) in [5, 5.41) is 3.76. The molecule has 2 rings (SSSR count). The molecule has 0 saturated carbocycles. The van der Waals surface area contributed by atoms with E-state index in [2.05, 4.69) is 5.32 Å². The van der Waals surface area contributed by atoms with Crippen molar-refractivity contribution in [1.82, 2.24) is 0 Å². The van der Waals surface area contributed by atoms with Gasteiger partial charge in [0.25, 0.3) is 0 Å². The number of nitrogens with one attached hydrogen (secondary N) is 1. The minimum atomic E-state index is -0.108. The van der Waals surface area contributed by atoms with Gasteiger partial charge < -0.3 is 5.32 Å². The Morgan fingerprint density at radius 2 is 1.89 bits per heavy atom. The summed E-state index contributed by atoms with van der Waals surface area (Å²) < 4.78 is 0. The third kappa shape index (κ3) is 2.69. The molecule has 0 radical (unpaired) electrons. The Morgan fingerprint density at radius 1 is 1.26 bits per heavy atom. The van der Waals surface area contributed by atoms with E-state index in [1.165, 1.54) is 11.3 Å². The molecular weight excluding hydrogens is 282 g/mol. The van der Waals surface area contributed by atoms with E-state index >= 15 is 0 Å². The van der Waals surface area contributed by atoms with Gasteiger partial charge in [-0.3, -0.25) is 9.59 Å². The van der Waals surface area contributed by atoms with Crippen LogP contribution in [0.2, 0.25) is 5.02 Å². The quantitative estimate of drug-likeness (QED) is 0.688. The molecule has 0 aliphatic rings. The lowest BCUT2D eigenvalue weighted by Crippen LogP contribution is -2.05. The predicted octanol–water partition coefficient (Wildman–Crippen LogP) is 3.82. The number of carbonyl (C=O) groups excluding carboxylic acids is 2. The number of rotatable bonds is 4. The first-order chi connectivity index (χ1) is 9.04. The summed E-state index contributed by atoms with van der Waals surface area (Å²) >= 11 is 7.21. The highest BCUT2D eigenvalue weighted by atomic mass is 35.5. The van der Waals surface area contributed by atoms with Crippen LogP contribution in [0, 0.1) is 13.8 Å². The van der Waals surface area contributed by atoms with Crippen LogP contribution in [0.15, 0.2) is 24.3 Å². The number of halogens is 1. The van der Waals surface area contributed by atoms with Gasteiger partial charge in [-0.1, -0.05) is 11.6 Å². The molecule has 0 fully saturated rings. The van der Waals surface area contributed by atoms with E-state index < -0.39 is 0 Å². The summed E-state index contributed by atoms with van der Waals surface area (Å²) in [7, 11) is 0. The lowest BCUT2D eigenvalue weighted by atomic mass is 10.0. The molecule has 19 heavy (non-hydrogen) atoms. The molecule has 0 saturated heterocycles. The molecule has 2 aromatic rings. The smallest absolute Gasteiger partial charge is 0.212 e. The van der Waals surface area contributed by atoms with Gasteiger partial charge >= 0.3 is 0 Å². The van der Waals surface area contributed by atoms with Crippen molar-refractivity contribution in [2.24, 2.45) is 0 Å². The summed E-state index contributed by atoms with van der Waals surface area (Å²) in [6, 6.07) is 6.72. The molecule has 1 aromatic heterocycles. The summed E-state index contributed by atoms with van der Waals surface area (Å²) in [6.07, 6.45) is 0.587. The molecule has 1 aromatic carbocycles. The van der Waals surface area contributed by atoms with Crippen LogP contribution >= 0.6 is 22.9 Å². The number of hydrogen-bond acceptors (Lipinski definition) is 3. The number of carbonyl (C=O) groups is 2. The molecule has 0 spiro atoms. The summed E-state index contributed by atoms with van der Waals surface area (Å²) in [4.78, 5) is 24.1. The van der Waals surface area contributed by atoms with Gasteiger partial charge in [-0.05, 0) is 43.7 Å². The van der Waals surface area contributed by atoms with Gasteiger partial charge in [-0.15, -0.1) is 11.3 Å². The first-order valence-electron chi connectivity index (χ1n) is 5.65. The maximum Gasteiger partial charge on any atom is 0.212 e. The largest absolute Gasteiger partial charge is 0.320 e. The number of hydrogen-bond donors (Lipinski definition) is 1. The SMILES string of the molecule is Cc1sc(NC=O)c(C(=O)c2ccc(Cl)cc2)c1C. The Labute approximate surface area is 120 Å². The van der Waals surface area contributed by atoms with Crippen LogP contribution in [-0.4, -0.2) is 12.2 Å². The van der Waals surface area contributed by atoms with Crippen molar-refractivity contribution in [3.05, 3.63) is 50.9 Å². The topological polar surface area (TPSA) is 46.2 Å². The van der Waals surface area contributed by atoms with Gasteiger partial charge in [0.15, 0.2) is 5.78 Å². The molecule has 1 amide bonds. The van der Waals surface area contributed by atoms with Crippen molar-refractivity contribution in [2.75, 3.05) is 5.32 Å². The Bertz CT molecular complexity index is 632. The second-order valence-electron chi connectivity index (χ2n) is 4.09. The third-order valence-corrected chi connectivity index (χ3v) is 4.30. The molecule has 0 aliphatic heterocycles. The van der Waals surface area contributed by atoms with E-state index in [4.69, 9.17) is 11.6 Å². The fourth-order valence-corrected chi connectivity index (χ4v) is 2.94. The van der Waals surface area contributed by atoms with Crippen molar-refractivity contribution >= 4 is 40.1 Å². The number of amides is 1. The summed E-state index contributed by atoms with van der Waals surface area (Å²) in [5.74, 6) is -0.108. The zero-order valence-corrected chi connectivity index (χ0v) is 12.1. The summed E-state index contributed by atoms with van der Waals surface area (Å²) in [6.45, 7) is 3.81. The monoisotopic (exact) mass is 293 g/mol. The van der Waals surface area contributed by atoms with Gasteiger partial charge in [0.2, 0.25) is 6.41 Å². The van der Waals surface area contributed by atoms with E-state index in [1.807, 2.05) is 13.8 Å². The van der Waals surface area contributed by atoms with Gasteiger partial charge in [0.05, 0.1) is 5.56 Å². The highest BCUT2D eigenvalue weighted by molar-refractivity contribution is 7.16. The van der Waals surface area contributed by atoms with Crippen LogP contribution in [0.4, 0.5) is 5.00 Å². The molecule has 0 aliphatic carbocycles. The Hall–Kier alpha value is -1.65. The van der Waals surface area contributed by atoms with Gasteiger partial charge in [0.1, 0.15) is 5.00 Å². The van der Waals surface area contributed by atoms with Crippen LogP contribution < -0.4 is 5.32 Å². The highest BCUT2D eigenvalue weighted by Gasteiger charge is 2.20. The van der Waals surface area contributed by atoms with E-state index in [0.717, 1.165) is 10.4 Å². The Kier molecular flexibility index (Phi) is 4.02. The third-order valence-electron chi connectivity index (χ3n) is 2.91. The Morgan fingerprint density at radius 3 is 2.47 bits per heavy atom. The molecule has 3 nitrogen and oxygen atoms in total. The number of ketones is 1. The average molecular weight is 294 g/mol. The number of benzene rings is 1. The standard InChI is InChI=1S/C14H12ClNO2S/c1-8-9(2)19-14(16-7-17)12(8)13(18)10-3-5-11(15)6-4-10/h3-7H,1-2H3,(H,16,17). The molecule has 1 heterocycles. The minimum Gasteiger partial charge on any atom is -0.320 e. The first kappa shape index (κ1) is 13.8. The van der Waals surface area contributed by atoms with Crippen LogP contribution in [0.1, 0.15) is 26.4 Å². The van der Waals surface area contributed by atoms with Crippen LogP contribution in [0.3, 0.4) is 0 Å². The normalized spacial score (nSPS) is 10.3. The number of aryl methyl sites for hydroxylation is 1. The van der Waals surface area contributed by atoms with Crippen molar-refractivity contribution in [1.29, 1.82) is 0 Å². The van der Waals surface area contributed by atoms with Crippen molar-refractivity contribution in [3.8, 4) is 0 Å². The van der Waals surface area contributed by atoms with Gasteiger partial charge in [-0.2, -0.15) is 0 Å². The highest BCUT2D eigenvalue weighted by Crippen LogP contribution is 2.33. The zero-order chi connectivity index (χ0) is 14.0. The molecule has 0 unspecified atom stereocenters. The van der Waals surface area contributed by atoms with E-state index in [1.54, 1.807) is 24.3 Å². The molecule has 0 atom stereocenters. The maximum absolute atomic E-state index is 12.5. The predicted molar refractivity (Wildman–Crippen MR) is 78.4 cm³/mol. The lowest BCUT2D eigenvalue weighted by molar-refractivity contribution is -0.105. The zero-order valence-electron chi connectivity index (χ0n) is 10.5. The first-order valence-corrected chi connectivity index (χ1v) is 6.84. The molecule has 0 bridgehead atoms. The molecule has 1 N–H and O–H groups in total. The number of anilines is 1. The van der Waals surface area contributed by atoms with Crippen LogP contribution in [0.5, 0.6) is 0 Å². The van der Waals surface area contributed by atoms with Gasteiger partial charge in [0, 0.05) is 15.5 Å². The van der Waals surface area contributed by atoms with E-state index in [-0.39, 0.29) is 5.78 Å².